The number of benzene rings is 2. The first kappa shape index (κ1) is 66.2. The molecule has 0 bridgehead atoms. The molecule has 2 aromatic rings. The zero-order valence-electron chi connectivity index (χ0n) is 48.6. The van der Waals surface area contributed by atoms with Gasteiger partial charge in [0.1, 0.15) is 31.6 Å². The molecule has 2 aromatic carbocycles. The normalized spacial score (nSPS) is 16.2. The Bertz CT molecular complexity index is 2380. The van der Waals surface area contributed by atoms with Crippen LogP contribution in [0.3, 0.4) is 0 Å². The van der Waals surface area contributed by atoms with Crippen LogP contribution in [0.5, 0.6) is 5.75 Å². The first-order chi connectivity index (χ1) is 36.2. The third kappa shape index (κ3) is 18.9. The maximum atomic E-state index is 15.0. The highest BCUT2D eigenvalue weighted by Gasteiger charge is 2.54. The van der Waals surface area contributed by atoms with Crippen LogP contribution in [0.15, 0.2) is 49.1 Å². The van der Waals surface area contributed by atoms with Crippen LogP contribution >= 0.6 is 34.8 Å². The molecule has 2 fully saturated rings. The topological polar surface area (TPSA) is 200 Å². The van der Waals surface area contributed by atoms with Gasteiger partial charge in [-0.05, 0) is 121 Å². The van der Waals surface area contributed by atoms with E-state index in [0.717, 1.165) is 24.8 Å². The Hall–Kier alpha value is -4.34. The Morgan fingerprint density at radius 2 is 1.47 bits per heavy atom. The van der Waals surface area contributed by atoms with Gasteiger partial charge >= 0.3 is 18.2 Å². The van der Waals surface area contributed by atoms with Gasteiger partial charge in [0.15, 0.2) is 8.32 Å². The third-order valence-electron chi connectivity index (χ3n) is 15.7. The standard InChI is InChI=1S/C57H88Cl3N5O11Si2/c1-16-27-72-49(66)29-44(36(2)3)50(67)63-46(19-17-18-26-61-53(70)74-35-57(58,59)60)51(68)62-42-22-20-41(21-23-42)32-73-54(71)64-47-30-48(76-78(37(4)5,38(6)7)39(8)9)40(10)28-45(47)52(69)65-34-56(24-25-56)31-43(65)33-75-77(14,15)55(11,12)13/h16,20-23,28,30,36-39,43-44,46H,1,17-19,24-27,29,31-35H2,2-15H3,(H,61,70)(H,62,68)(H,63,67)(H,64,71)/t43-,44-,46-/m0/s1. The summed E-state index contributed by atoms with van der Waals surface area (Å²) in [4.78, 5) is 83.0. The van der Waals surface area contributed by atoms with E-state index in [-0.39, 0.29) is 77.5 Å². The molecular weight excluding hydrogens is 1090 g/mol. The van der Waals surface area contributed by atoms with Gasteiger partial charge in [0, 0.05) is 24.8 Å². The molecule has 5 amide bonds. The van der Waals surface area contributed by atoms with Gasteiger partial charge in [-0.25, -0.2) is 9.59 Å². The summed E-state index contributed by atoms with van der Waals surface area (Å²) >= 11 is 17.0. The molecule has 16 nitrogen and oxygen atoms in total. The average Bonchev–Trinajstić information content (AvgIpc) is 4.06. The number of alkyl carbamates (subject to hydrolysis) is 1. The SMILES string of the molecule is C=CCOC(=O)C[C@H](C(=O)N[C@@H](CCCCNC(=O)OCC(Cl)(Cl)Cl)C(=O)Nc1ccc(COC(=O)Nc2cc(O[Si](C(C)C)(C(C)C)C(C)C)c(C)cc2C(=O)N2CC3(CC3)C[C@H]2CO[Si](C)(C)C(C)(C)C)cc1)C(C)C. The van der Waals surface area contributed by atoms with Gasteiger partial charge in [-0.3, -0.25) is 24.5 Å². The molecule has 0 unspecified atom stereocenters. The van der Waals surface area contributed by atoms with E-state index in [1.165, 1.54) is 6.08 Å². The van der Waals surface area contributed by atoms with E-state index in [1.54, 1.807) is 44.2 Å². The van der Waals surface area contributed by atoms with Crippen LogP contribution in [0.25, 0.3) is 0 Å². The first-order valence-corrected chi connectivity index (χ1v) is 33.6. The maximum absolute atomic E-state index is 15.0. The van der Waals surface area contributed by atoms with Crippen molar-refractivity contribution in [1.29, 1.82) is 0 Å². The summed E-state index contributed by atoms with van der Waals surface area (Å²) in [5.74, 6) is -2.20. The predicted molar refractivity (Wildman–Crippen MR) is 316 cm³/mol. The predicted octanol–water partition coefficient (Wildman–Crippen LogP) is 13.4. The molecule has 21 heteroatoms. The minimum atomic E-state index is -2.47. The Morgan fingerprint density at radius 3 is 2.03 bits per heavy atom. The summed E-state index contributed by atoms with van der Waals surface area (Å²) in [7, 11) is -4.59. The lowest BCUT2D eigenvalue weighted by molar-refractivity contribution is -0.146. The van der Waals surface area contributed by atoms with E-state index in [1.807, 2.05) is 17.9 Å². The molecule has 78 heavy (non-hydrogen) atoms. The Kier molecular flexibility index (Phi) is 24.1. The molecule has 1 saturated carbocycles. The van der Waals surface area contributed by atoms with Gasteiger partial charge in [0.25, 0.3) is 14.2 Å². The van der Waals surface area contributed by atoms with E-state index in [4.69, 9.17) is 57.9 Å². The smallest absolute Gasteiger partial charge is 0.411 e. The quantitative estimate of drug-likeness (QED) is 0.0166. The number of alkyl halides is 3. The van der Waals surface area contributed by atoms with Crippen LogP contribution in [0.4, 0.5) is 21.0 Å². The third-order valence-corrected chi connectivity index (χ3v) is 26.5. The molecule has 436 valence electrons. The molecule has 1 saturated heterocycles. The second-order valence-electron chi connectivity index (χ2n) is 24.0. The van der Waals surface area contributed by atoms with E-state index < -0.39 is 69.0 Å². The summed E-state index contributed by atoms with van der Waals surface area (Å²) in [6.45, 7) is 34.2. The number of amides is 5. The molecule has 1 aliphatic heterocycles. The molecule has 0 radical (unpaired) electrons. The highest BCUT2D eigenvalue weighted by Crippen LogP contribution is 2.55. The number of rotatable bonds is 27. The van der Waals surface area contributed by atoms with Gasteiger partial charge < -0.3 is 43.9 Å². The molecule has 2 aliphatic rings. The van der Waals surface area contributed by atoms with Crippen LogP contribution in [0.1, 0.15) is 143 Å². The Balaban J connectivity index is 1.53. The average molecular weight is 1180 g/mol. The lowest BCUT2D eigenvalue weighted by Gasteiger charge is -2.42. The second-order valence-corrected chi connectivity index (χ2v) is 36.7. The summed E-state index contributed by atoms with van der Waals surface area (Å²) in [5.41, 5.74) is 3.39. The van der Waals surface area contributed by atoms with E-state index in [9.17, 15) is 28.8 Å². The first-order valence-electron chi connectivity index (χ1n) is 27.4. The minimum absolute atomic E-state index is 0.000183. The summed E-state index contributed by atoms with van der Waals surface area (Å²) in [6, 6.07) is 9.19. The number of nitrogens with one attached hydrogen (secondary N) is 4. The number of likely N-dealkylation sites (tertiary alicyclic amines) is 1. The number of carbonyl (C=O) groups excluding carboxylic acids is 6. The zero-order chi connectivity index (χ0) is 58.6. The second kappa shape index (κ2) is 28.4. The van der Waals surface area contributed by atoms with Crippen molar-refractivity contribution in [1.82, 2.24) is 15.5 Å². The van der Waals surface area contributed by atoms with Crippen molar-refractivity contribution < 1.29 is 51.8 Å². The van der Waals surface area contributed by atoms with Crippen LogP contribution < -0.4 is 25.7 Å². The number of hydrogen-bond donors (Lipinski definition) is 4. The summed E-state index contributed by atoms with van der Waals surface area (Å²) in [5, 5.41) is 11.2. The maximum Gasteiger partial charge on any atom is 0.411 e. The summed E-state index contributed by atoms with van der Waals surface area (Å²) < 4.78 is 28.0. The Morgan fingerprint density at radius 1 is 0.846 bits per heavy atom. The van der Waals surface area contributed by atoms with Gasteiger partial charge in [-0.15, -0.1) is 0 Å². The molecule has 0 aromatic heterocycles. The lowest BCUT2D eigenvalue weighted by Crippen LogP contribution is -2.50. The van der Waals surface area contributed by atoms with Gasteiger partial charge in [0.2, 0.25) is 15.6 Å². The highest BCUT2D eigenvalue weighted by atomic mass is 35.6. The molecular formula is C57H88Cl3N5O11Si2. The van der Waals surface area contributed by atoms with Gasteiger partial charge in [-0.2, -0.15) is 0 Å². The van der Waals surface area contributed by atoms with Crippen LogP contribution in [0.2, 0.25) is 34.8 Å². The van der Waals surface area contributed by atoms with Crippen molar-refractivity contribution in [3.63, 3.8) is 0 Å². The van der Waals surface area contributed by atoms with Gasteiger partial charge in [-0.1, -0.05) is 136 Å². The number of esters is 1. The number of carbonyl (C=O) groups is 6. The van der Waals surface area contributed by atoms with E-state index in [2.05, 4.69) is 103 Å². The van der Waals surface area contributed by atoms with Crippen molar-refractivity contribution in [2.75, 3.05) is 43.5 Å². The van der Waals surface area contributed by atoms with Crippen molar-refractivity contribution >= 4 is 98.7 Å². The highest BCUT2D eigenvalue weighted by molar-refractivity contribution is 6.78. The Labute approximate surface area is 481 Å². The van der Waals surface area contributed by atoms with Crippen molar-refractivity contribution in [3.8, 4) is 5.75 Å². The fourth-order valence-corrected chi connectivity index (χ4v) is 16.5. The van der Waals surface area contributed by atoms with Crippen LogP contribution in [-0.4, -0.2) is 106 Å². The number of halogens is 3. The summed E-state index contributed by atoms with van der Waals surface area (Å²) in [6.07, 6.45) is 3.67. The van der Waals surface area contributed by atoms with E-state index >= 15 is 0 Å². The monoisotopic (exact) mass is 1180 g/mol. The zero-order valence-corrected chi connectivity index (χ0v) is 52.8. The van der Waals surface area contributed by atoms with Crippen LogP contribution in [-0.2, 0) is 39.6 Å². The van der Waals surface area contributed by atoms with E-state index in [0.29, 0.717) is 54.2 Å². The molecule has 1 spiro atoms. The molecule has 4 rings (SSSR count). The minimum Gasteiger partial charge on any atom is -0.542 e. The number of nitrogens with zero attached hydrogens (tertiary/aromatic N) is 1. The fourth-order valence-electron chi connectivity index (χ4n) is 10.0. The van der Waals surface area contributed by atoms with Crippen molar-refractivity contribution in [2.24, 2.45) is 17.3 Å². The van der Waals surface area contributed by atoms with Gasteiger partial charge in [0.05, 0.1) is 36.2 Å². The fraction of sp³-hybridized carbons (Fsp3) is 0.649. The number of anilines is 2. The van der Waals surface area contributed by atoms with Crippen LogP contribution in [0, 0.1) is 24.2 Å². The lowest BCUT2D eigenvalue weighted by atomic mass is 9.91. The molecule has 1 aliphatic carbocycles. The van der Waals surface area contributed by atoms with Crippen molar-refractivity contribution in [3.05, 3.63) is 65.7 Å². The molecule has 4 N–H and O–H groups in total. The molecule has 1 heterocycles. The number of hydrogen-bond acceptors (Lipinski definition) is 11. The number of unbranched alkanes of at least 4 members (excludes halogenated alkanes) is 1. The largest absolute Gasteiger partial charge is 0.542 e. The van der Waals surface area contributed by atoms with Crippen molar-refractivity contribution in [2.45, 2.75) is 185 Å². The number of ether oxygens (including phenoxy) is 3. The molecule has 3 atom stereocenters. The number of aryl methyl sites for hydroxylation is 1.